The van der Waals surface area contributed by atoms with Gasteiger partial charge in [-0.1, -0.05) is 45.6 Å². The molecule has 0 aliphatic rings. The van der Waals surface area contributed by atoms with Crippen molar-refractivity contribution in [2.45, 2.75) is 59.8 Å². The first-order chi connectivity index (χ1) is 6.02. The number of rotatable bonds is 7. The standard InChI is InChI=1S/C13H26/c1-11(2)7-6-8-13(5)10-9-12(3)4/h12-13H,1,6-10H2,2-5H3/t13-/m1/s1. The van der Waals surface area contributed by atoms with Crippen molar-refractivity contribution < 1.29 is 0 Å². The van der Waals surface area contributed by atoms with E-state index in [9.17, 15) is 0 Å². The van der Waals surface area contributed by atoms with E-state index in [1.807, 2.05) is 0 Å². The van der Waals surface area contributed by atoms with Crippen LogP contribution in [0.4, 0.5) is 0 Å². The molecule has 0 radical (unpaired) electrons. The van der Waals surface area contributed by atoms with Gasteiger partial charge in [0.15, 0.2) is 0 Å². The van der Waals surface area contributed by atoms with Crippen LogP contribution in [0, 0.1) is 11.8 Å². The van der Waals surface area contributed by atoms with Crippen LogP contribution in [0.3, 0.4) is 0 Å². The van der Waals surface area contributed by atoms with Crippen LogP contribution in [0.25, 0.3) is 0 Å². The smallest absolute Gasteiger partial charge is 0.0326 e. The molecule has 78 valence electrons. The first kappa shape index (κ1) is 12.7. The van der Waals surface area contributed by atoms with Gasteiger partial charge in [0.05, 0.1) is 0 Å². The van der Waals surface area contributed by atoms with E-state index in [1.54, 1.807) is 0 Å². The second kappa shape index (κ2) is 7.17. The average molecular weight is 182 g/mol. The molecule has 0 aromatic heterocycles. The molecular weight excluding hydrogens is 156 g/mol. The maximum Gasteiger partial charge on any atom is -0.0326 e. The van der Waals surface area contributed by atoms with Gasteiger partial charge in [0.1, 0.15) is 0 Å². The van der Waals surface area contributed by atoms with Gasteiger partial charge in [-0.2, -0.15) is 0 Å². The Morgan fingerprint density at radius 3 is 2.15 bits per heavy atom. The minimum Gasteiger partial charge on any atom is -0.100 e. The van der Waals surface area contributed by atoms with Crippen LogP contribution in [0.15, 0.2) is 12.2 Å². The second-order valence-corrected chi connectivity index (χ2v) is 4.93. The van der Waals surface area contributed by atoms with Crippen molar-refractivity contribution >= 4 is 0 Å². The van der Waals surface area contributed by atoms with Crippen LogP contribution in [0.1, 0.15) is 59.8 Å². The summed E-state index contributed by atoms with van der Waals surface area (Å²) in [5.74, 6) is 1.77. The highest BCUT2D eigenvalue weighted by Crippen LogP contribution is 2.18. The largest absolute Gasteiger partial charge is 0.100 e. The van der Waals surface area contributed by atoms with Crippen molar-refractivity contribution in [2.24, 2.45) is 11.8 Å². The Morgan fingerprint density at radius 1 is 1.08 bits per heavy atom. The first-order valence-corrected chi connectivity index (χ1v) is 5.66. The molecule has 0 saturated heterocycles. The number of hydrogen-bond acceptors (Lipinski definition) is 0. The highest BCUT2D eigenvalue weighted by Gasteiger charge is 2.03. The number of allylic oxidation sites excluding steroid dienone is 1. The highest BCUT2D eigenvalue weighted by molar-refractivity contribution is 4.87. The van der Waals surface area contributed by atoms with E-state index in [0.717, 1.165) is 11.8 Å². The molecule has 0 aliphatic carbocycles. The molecule has 0 aliphatic heterocycles. The zero-order valence-electron chi connectivity index (χ0n) is 9.90. The van der Waals surface area contributed by atoms with Gasteiger partial charge >= 0.3 is 0 Å². The van der Waals surface area contributed by atoms with Gasteiger partial charge in [0.2, 0.25) is 0 Å². The summed E-state index contributed by atoms with van der Waals surface area (Å²) in [5, 5.41) is 0. The molecule has 0 bridgehead atoms. The normalized spacial score (nSPS) is 13.3. The van der Waals surface area contributed by atoms with Crippen molar-refractivity contribution in [1.29, 1.82) is 0 Å². The van der Waals surface area contributed by atoms with Crippen LogP contribution in [-0.2, 0) is 0 Å². The summed E-state index contributed by atoms with van der Waals surface area (Å²) in [6.45, 7) is 13.0. The molecule has 0 heteroatoms. The van der Waals surface area contributed by atoms with Gasteiger partial charge in [-0.25, -0.2) is 0 Å². The van der Waals surface area contributed by atoms with Crippen molar-refractivity contribution in [2.75, 3.05) is 0 Å². The van der Waals surface area contributed by atoms with E-state index < -0.39 is 0 Å². The molecule has 0 amide bonds. The van der Waals surface area contributed by atoms with Crippen molar-refractivity contribution in [3.05, 3.63) is 12.2 Å². The minimum atomic E-state index is 0.864. The Balaban J connectivity index is 3.29. The fourth-order valence-electron chi connectivity index (χ4n) is 1.51. The molecule has 0 fully saturated rings. The summed E-state index contributed by atoms with van der Waals surface area (Å²) in [4.78, 5) is 0. The van der Waals surface area contributed by atoms with Crippen LogP contribution in [0.2, 0.25) is 0 Å². The predicted octanol–water partition coefficient (Wildman–Crippen LogP) is 4.81. The lowest BCUT2D eigenvalue weighted by molar-refractivity contribution is 0.419. The van der Waals surface area contributed by atoms with E-state index in [0.29, 0.717) is 0 Å². The Bertz CT molecular complexity index is 133. The fraction of sp³-hybridized carbons (Fsp3) is 0.846. The molecule has 0 N–H and O–H groups in total. The summed E-state index contributed by atoms with van der Waals surface area (Å²) in [5.41, 5.74) is 1.33. The summed E-state index contributed by atoms with van der Waals surface area (Å²) in [6, 6.07) is 0. The first-order valence-electron chi connectivity index (χ1n) is 5.66. The molecule has 0 nitrogen and oxygen atoms in total. The van der Waals surface area contributed by atoms with Gasteiger partial charge in [-0.15, -0.1) is 6.58 Å². The lowest BCUT2D eigenvalue weighted by atomic mass is 9.94. The van der Waals surface area contributed by atoms with Gasteiger partial charge < -0.3 is 0 Å². The van der Waals surface area contributed by atoms with E-state index in [1.165, 1.54) is 37.7 Å². The third-order valence-corrected chi connectivity index (χ3v) is 2.54. The molecular formula is C13H26. The Labute approximate surface area is 84.4 Å². The second-order valence-electron chi connectivity index (χ2n) is 4.93. The van der Waals surface area contributed by atoms with Gasteiger partial charge in [0, 0.05) is 0 Å². The molecule has 0 rings (SSSR count). The van der Waals surface area contributed by atoms with Gasteiger partial charge in [-0.05, 0) is 31.6 Å². The molecule has 1 atom stereocenters. The highest BCUT2D eigenvalue weighted by atomic mass is 14.1. The maximum atomic E-state index is 3.93. The summed E-state index contributed by atoms with van der Waals surface area (Å²) in [7, 11) is 0. The zero-order valence-corrected chi connectivity index (χ0v) is 9.90. The van der Waals surface area contributed by atoms with E-state index in [-0.39, 0.29) is 0 Å². The summed E-state index contributed by atoms with van der Waals surface area (Å²) < 4.78 is 0. The molecule has 0 spiro atoms. The lowest BCUT2D eigenvalue weighted by Crippen LogP contribution is -1.98. The Kier molecular flexibility index (Phi) is 7.03. The summed E-state index contributed by atoms with van der Waals surface area (Å²) in [6.07, 6.45) is 6.70. The molecule has 0 aromatic rings. The molecule has 0 heterocycles. The third-order valence-electron chi connectivity index (χ3n) is 2.54. The quantitative estimate of drug-likeness (QED) is 0.496. The fourth-order valence-corrected chi connectivity index (χ4v) is 1.51. The third kappa shape index (κ3) is 9.66. The molecule has 0 unspecified atom stereocenters. The van der Waals surface area contributed by atoms with Crippen LogP contribution >= 0.6 is 0 Å². The lowest BCUT2D eigenvalue weighted by Gasteiger charge is -2.12. The number of hydrogen-bond donors (Lipinski definition) is 0. The van der Waals surface area contributed by atoms with Crippen LogP contribution in [0.5, 0.6) is 0 Å². The van der Waals surface area contributed by atoms with Crippen molar-refractivity contribution in [1.82, 2.24) is 0 Å². The maximum absolute atomic E-state index is 3.93. The SMILES string of the molecule is C=C(C)CCC[C@@H](C)CCC(C)C. The Hall–Kier alpha value is -0.260. The van der Waals surface area contributed by atoms with Gasteiger partial charge in [0.25, 0.3) is 0 Å². The van der Waals surface area contributed by atoms with Gasteiger partial charge in [-0.3, -0.25) is 0 Å². The van der Waals surface area contributed by atoms with Crippen LogP contribution in [-0.4, -0.2) is 0 Å². The molecule has 0 saturated carbocycles. The van der Waals surface area contributed by atoms with Crippen LogP contribution < -0.4 is 0 Å². The average Bonchev–Trinajstić information content (AvgIpc) is 2.00. The van der Waals surface area contributed by atoms with E-state index >= 15 is 0 Å². The van der Waals surface area contributed by atoms with E-state index in [2.05, 4.69) is 34.3 Å². The molecule has 0 aromatic carbocycles. The minimum absolute atomic E-state index is 0.864. The topological polar surface area (TPSA) is 0 Å². The Morgan fingerprint density at radius 2 is 1.69 bits per heavy atom. The molecule has 13 heavy (non-hydrogen) atoms. The monoisotopic (exact) mass is 182 g/mol. The predicted molar refractivity (Wildman–Crippen MR) is 61.9 cm³/mol. The summed E-state index contributed by atoms with van der Waals surface area (Å²) >= 11 is 0. The van der Waals surface area contributed by atoms with Crippen molar-refractivity contribution in [3.63, 3.8) is 0 Å². The van der Waals surface area contributed by atoms with E-state index in [4.69, 9.17) is 0 Å². The van der Waals surface area contributed by atoms with Crippen molar-refractivity contribution in [3.8, 4) is 0 Å². The zero-order chi connectivity index (χ0) is 10.3.